The lowest BCUT2D eigenvalue weighted by molar-refractivity contribution is -0.187. The Balaban J connectivity index is 1.75. The van der Waals surface area contributed by atoms with Crippen molar-refractivity contribution >= 4 is 0 Å². The summed E-state index contributed by atoms with van der Waals surface area (Å²) in [4.78, 5) is 0. The Morgan fingerprint density at radius 2 is 1.00 bits per heavy atom. The summed E-state index contributed by atoms with van der Waals surface area (Å²) in [5, 5.41) is 37.9. The highest BCUT2D eigenvalue weighted by atomic mass is 16.4. The standard InChI is InChI=1S/C31H28O3/c1-29(32)24-19-11-12-20-25(24)31(34)28(29)26(21-13-5-2-6-14-21)27(22-15-7-3-8-16-22)30(31,33)23-17-9-4-10-18-23/h2-20,26-28,32-34H,1H3/t26-,27+,28-,29+,30+,31+/m1/s1. The van der Waals surface area contributed by atoms with Gasteiger partial charge in [-0.2, -0.15) is 0 Å². The molecule has 0 radical (unpaired) electrons. The molecule has 0 amide bonds. The molecule has 170 valence electrons. The maximum absolute atomic E-state index is 13.0. The minimum absolute atomic E-state index is 0.346. The fourth-order valence-corrected chi connectivity index (χ4v) is 7.00. The maximum atomic E-state index is 13.0. The van der Waals surface area contributed by atoms with Crippen molar-refractivity contribution in [3.05, 3.63) is 143 Å². The van der Waals surface area contributed by atoms with Gasteiger partial charge in [0.1, 0.15) is 11.2 Å². The molecule has 6 rings (SSSR count). The van der Waals surface area contributed by atoms with Crippen molar-refractivity contribution in [1.82, 2.24) is 0 Å². The van der Waals surface area contributed by atoms with E-state index in [1.54, 1.807) is 6.92 Å². The molecule has 4 aromatic rings. The molecule has 3 nitrogen and oxygen atoms in total. The van der Waals surface area contributed by atoms with E-state index in [2.05, 4.69) is 0 Å². The highest BCUT2D eigenvalue weighted by Crippen LogP contribution is 2.74. The Kier molecular flexibility index (Phi) is 4.62. The van der Waals surface area contributed by atoms with E-state index in [-0.39, 0.29) is 5.92 Å². The quantitative estimate of drug-likeness (QED) is 0.405. The van der Waals surface area contributed by atoms with Crippen LogP contribution < -0.4 is 0 Å². The molecular formula is C31H28O3. The third-order valence-corrected chi connectivity index (χ3v) is 8.25. The van der Waals surface area contributed by atoms with E-state index in [1.807, 2.05) is 115 Å². The lowest BCUT2D eigenvalue weighted by Gasteiger charge is -2.43. The number of hydrogen-bond acceptors (Lipinski definition) is 3. The van der Waals surface area contributed by atoms with Crippen LogP contribution in [-0.4, -0.2) is 15.3 Å². The molecule has 2 aliphatic carbocycles. The second kappa shape index (κ2) is 7.38. The van der Waals surface area contributed by atoms with Crippen LogP contribution in [0, 0.1) is 5.92 Å². The molecule has 4 aromatic carbocycles. The van der Waals surface area contributed by atoms with Gasteiger partial charge in [0.2, 0.25) is 0 Å². The summed E-state index contributed by atoms with van der Waals surface area (Å²) in [7, 11) is 0. The zero-order valence-corrected chi connectivity index (χ0v) is 19.0. The second-order valence-electron chi connectivity index (χ2n) is 9.89. The zero-order valence-electron chi connectivity index (χ0n) is 19.0. The average Bonchev–Trinajstić information content (AvgIpc) is 3.22. The fraction of sp³-hybridized carbons (Fsp3) is 0.226. The van der Waals surface area contributed by atoms with Crippen molar-refractivity contribution in [2.75, 3.05) is 0 Å². The lowest BCUT2D eigenvalue weighted by Crippen LogP contribution is -2.50. The van der Waals surface area contributed by atoms with Crippen molar-refractivity contribution in [3.8, 4) is 0 Å². The first kappa shape index (κ1) is 21.3. The molecule has 2 aliphatic rings. The molecule has 0 unspecified atom stereocenters. The number of benzene rings is 4. The second-order valence-corrected chi connectivity index (χ2v) is 9.89. The first-order chi connectivity index (χ1) is 16.4. The van der Waals surface area contributed by atoms with Crippen LogP contribution >= 0.6 is 0 Å². The molecule has 3 heteroatoms. The average molecular weight is 449 g/mol. The van der Waals surface area contributed by atoms with Gasteiger partial charge in [-0.3, -0.25) is 0 Å². The zero-order chi connectivity index (χ0) is 23.6. The summed E-state index contributed by atoms with van der Waals surface area (Å²) in [5.74, 6) is -1.51. The first-order valence-corrected chi connectivity index (χ1v) is 11.8. The van der Waals surface area contributed by atoms with E-state index in [0.29, 0.717) is 16.7 Å². The first-order valence-electron chi connectivity index (χ1n) is 11.8. The van der Waals surface area contributed by atoms with Gasteiger partial charge in [-0.1, -0.05) is 115 Å². The predicted octanol–water partition coefficient (Wildman–Crippen LogP) is 5.18. The number of rotatable bonds is 3. The Bertz CT molecular complexity index is 1320. The van der Waals surface area contributed by atoms with Gasteiger partial charge in [0.05, 0.1) is 5.60 Å². The molecule has 3 N–H and O–H groups in total. The Morgan fingerprint density at radius 3 is 1.59 bits per heavy atom. The van der Waals surface area contributed by atoms with Crippen LogP contribution in [0.2, 0.25) is 0 Å². The Morgan fingerprint density at radius 1 is 0.529 bits per heavy atom. The van der Waals surface area contributed by atoms with E-state index in [0.717, 1.165) is 11.1 Å². The van der Waals surface area contributed by atoms with Crippen molar-refractivity contribution in [2.24, 2.45) is 5.92 Å². The third kappa shape index (κ3) is 2.58. The topological polar surface area (TPSA) is 60.7 Å². The summed E-state index contributed by atoms with van der Waals surface area (Å²) in [6, 6.07) is 36.9. The SMILES string of the molecule is C[C@]1(O)c2ccccc2[C@]2(O)[C@@H]1[C@H](c1ccccc1)[C@H](c1ccccc1)[C@@]2(O)c1ccccc1. The largest absolute Gasteiger partial charge is 0.385 e. The molecule has 34 heavy (non-hydrogen) atoms. The lowest BCUT2D eigenvalue weighted by atomic mass is 9.69. The van der Waals surface area contributed by atoms with Crippen molar-refractivity contribution in [3.63, 3.8) is 0 Å². The highest BCUT2D eigenvalue weighted by molar-refractivity contribution is 5.56. The van der Waals surface area contributed by atoms with Crippen LogP contribution in [-0.2, 0) is 16.8 Å². The van der Waals surface area contributed by atoms with Crippen LogP contribution in [0.5, 0.6) is 0 Å². The maximum Gasteiger partial charge on any atom is 0.130 e. The molecule has 0 aromatic heterocycles. The van der Waals surface area contributed by atoms with Crippen LogP contribution in [0.3, 0.4) is 0 Å². The smallest absolute Gasteiger partial charge is 0.130 e. The summed E-state index contributed by atoms with van der Waals surface area (Å²) in [5.41, 5.74) is -0.925. The molecule has 0 aliphatic heterocycles. The number of hydrogen-bond donors (Lipinski definition) is 3. The van der Waals surface area contributed by atoms with Crippen LogP contribution in [0.1, 0.15) is 46.6 Å². The van der Waals surface area contributed by atoms with Gasteiger partial charge in [0.15, 0.2) is 0 Å². The van der Waals surface area contributed by atoms with Crippen molar-refractivity contribution in [1.29, 1.82) is 0 Å². The summed E-state index contributed by atoms with van der Waals surface area (Å²) in [6.07, 6.45) is 0. The fourth-order valence-electron chi connectivity index (χ4n) is 7.00. The Hall–Kier alpha value is -3.24. The number of fused-ring (bicyclic) bond motifs is 3. The van der Waals surface area contributed by atoms with Crippen LogP contribution in [0.4, 0.5) is 0 Å². The van der Waals surface area contributed by atoms with Gasteiger partial charge in [-0.05, 0) is 34.7 Å². The minimum atomic E-state index is -1.71. The molecule has 0 heterocycles. The molecule has 0 spiro atoms. The summed E-state index contributed by atoms with van der Waals surface area (Å²) in [6.45, 7) is 1.78. The number of aliphatic hydroxyl groups is 3. The third-order valence-electron chi connectivity index (χ3n) is 8.25. The van der Waals surface area contributed by atoms with Gasteiger partial charge < -0.3 is 15.3 Å². The van der Waals surface area contributed by atoms with E-state index >= 15 is 0 Å². The van der Waals surface area contributed by atoms with E-state index in [1.165, 1.54) is 0 Å². The van der Waals surface area contributed by atoms with Crippen LogP contribution in [0.25, 0.3) is 0 Å². The van der Waals surface area contributed by atoms with Gasteiger partial charge in [0.25, 0.3) is 0 Å². The molecule has 0 saturated heterocycles. The highest BCUT2D eigenvalue weighted by Gasteiger charge is 2.77. The molecule has 0 bridgehead atoms. The monoisotopic (exact) mass is 448 g/mol. The van der Waals surface area contributed by atoms with E-state index < -0.39 is 28.6 Å². The normalized spacial score (nSPS) is 33.9. The van der Waals surface area contributed by atoms with Crippen molar-refractivity contribution in [2.45, 2.75) is 35.6 Å². The molecule has 6 atom stereocenters. The molecule has 1 saturated carbocycles. The van der Waals surface area contributed by atoms with Gasteiger partial charge in [-0.15, -0.1) is 0 Å². The Labute approximate surface area is 200 Å². The van der Waals surface area contributed by atoms with Crippen molar-refractivity contribution < 1.29 is 15.3 Å². The minimum Gasteiger partial charge on any atom is -0.385 e. The van der Waals surface area contributed by atoms with E-state index in [4.69, 9.17) is 0 Å². The van der Waals surface area contributed by atoms with Gasteiger partial charge in [0, 0.05) is 17.8 Å². The van der Waals surface area contributed by atoms with Gasteiger partial charge in [-0.25, -0.2) is 0 Å². The molecular weight excluding hydrogens is 420 g/mol. The summed E-state index contributed by atoms with van der Waals surface area (Å²) < 4.78 is 0. The van der Waals surface area contributed by atoms with Gasteiger partial charge >= 0.3 is 0 Å². The summed E-state index contributed by atoms with van der Waals surface area (Å²) >= 11 is 0. The predicted molar refractivity (Wildman–Crippen MR) is 132 cm³/mol. The van der Waals surface area contributed by atoms with Crippen LogP contribution in [0.15, 0.2) is 115 Å². The molecule has 1 fully saturated rings. The van der Waals surface area contributed by atoms with E-state index in [9.17, 15) is 15.3 Å².